The fourth-order valence-electron chi connectivity index (χ4n) is 4.26. The van der Waals surface area contributed by atoms with Crippen LogP contribution >= 0.6 is 0 Å². The number of nitrogens with zero attached hydrogens (tertiary/aromatic N) is 4. The lowest BCUT2D eigenvalue weighted by molar-refractivity contribution is -0.199. The van der Waals surface area contributed by atoms with Crippen molar-refractivity contribution in [2.45, 2.75) is 31.0 Å². The van der Waals surface area contributed by atoms with Crippen molar-refractivity contribution in [1.29, 1.82) is 0 Å². The number of halogens is 6. The van der Waals surface area contributed by atoms with E-state index in [0.29, 0.717) is 17.4 Å². The summed E-state index contributed by atoms with van der Waals surface area (Å²) in [6.07, 6.45) is -2.44. The Morgan fingerprint density at radius 3 is 2.20 bits per heavy atom. The van der Waals surface area contributed by atoms with Crippen LogP contribution in [-0.2, 0) is 24.6 Å². The topological polar surface area (TPSA) is 96.8 Å². The summed E-state index contributed by atoms with van der Waals surface area (Å²) >= 11 is 0. The normalized spacial score (nSPS) is 12.8. The number of tetrazole rings is 1. The molecular formula is C31H21F6N5O2. The third-order valence-electron chi connectivity index (χ3n) is 6.63. The molecular weight excluding hydrogens is 588 g/mol. The standard InChI is InChI=1S/C31H21F6N5O2/c32-23-10-13-25(26(33)15-23)30(43,16-28-39-41-42-40-28)31(36,37)27-14-7-20(17-38-27)4-1-19-2-5-21(6-3-19)18-44-24-11-8-22(9-12-24)29(34)35/h2-3,5-15,17,29,43H,16,18H2,(H,39,40,41,42). The fraction of sp³-hybridized carbons (Fsp3) is 0.161. The van der Waals surface area contributed by atoms with Crippen molar-refractivity contribution >= 4 is 0 Å². The first-order valence-electron chi connectivity index (χ1n) is 12.9. The van der Waals surface area contributed by atoms with E-state index >= 15 is 8.78 Å². The lowest BCUT2D eigenvalue weighted by atomic mass is 9.81. The molecule has 2 heterocycles. The molecule has 5 aromatic rings. The van der Waals surface area contributed by atoms with Crippen LogP contribution in [0.3, 0.4) is 0 Å². The van der Waals surface area contributed by atoms with Gasteiger partial charge in [-0.2, -0.15) is 14.0 Å². The van der Waals surface area contributed by atoms with Gasteiger partial charge in [0, 0.05) is 34.5 Å². The maximum atomic E-state index is 15.9. The molecule has 0 fully saturated rings. The number of aromatic amines is 1. The Bertz CT molecular complexity index is 1770. The second kappa shape index (κ2) is 12.6. The summed E-state index contributed by atoms with van der Waals surface area (Å²) in [4.78, 5) is 3.78. The Morgan fingerprint density at radius 1 is 0.886 bits per heavy atom. The number of ether oxygens (including phenoxy) is 1. The molecule has 13 heteroatoms. The quantitative estimate of drug-likeness (QED) is 0.157. The van der Waals surface area contributed by atoms with Crippen LogP contribution in [0.15, 0.2) is 85.1 Å². The molecule has 2 N–H and O–H groups in total. The minimum atomic E-state index is -4.19. The van der Waals surface area contributed by atoms with Crippen molar-refractivity contribution < 1.29 is 36.2 Å². The molecule has 0 aliphatic rings. The van der Waals surface area contributed by atoms with Crippen LogP contribution in [0.4, 0.5) is 26.3 Å². The van der Waals surface area contributed by atoms with Crippen LogP contribution < -0.4 is 4.74 Å². The van der Waals surface area contributed by atoms with Gasteiger partial charge in [0.25, 0.3) is 6.43 Å². The molecule has 5 rings (SSSR count). The number of hydrogen-bond donors (Lipinski definition) is 2. The molecule has 0 saturated heterocycles. The second-order valence-electron chi connectivity index (χ2n) is 9.60. The molecule has 0 aliphatic carbocycles. The first kappa shape index (κ1) is 30.2. The van der Waals surface area contributed by atoms with E-state index in [4.69, 9.17) is 4.74 Å². The molecule has 0 spiro atoms. The highest BCUT2D eigenvalue weighted by atomic mass is 19.3. The number of benzene rings is 3. The molecule has 0 saturated carbocycles. The van der Waals surface area contributed by atoms with Gasteiger partial charge in [0.15, 0.2) is 11.4 Å². The van der Waals surface area contributed by atoms with Gasteiger partial charge in [0.2, 0.25) is 0 Å². The number of hydrogen-bond acceptors (Lipinski definition) is 6. The zero-order chi connectivity index (χ0) is 31.3. The maximum absolute atomic E-state index is 15.9. The summed E-state index contributed by atoms with van der Waals surface area (Å²) in [6, 6.07) is 16.5. The van der Waals surface area contributed by atoms with Gasteiger partial charge in [-0.3, -0.25) is 4.98 Å². The Labute approximate surface area is 246 Å². The van der Waals surface area contributed by atoms with Crippen molar-refractivity contribution in [2.75, 3.05) is 0 Å². The highest BCUT2D eigenvalue weighted by Crippen LogP contribution is 2.47. The van der Waals surface area contributed by atoms with Crippen molar-refractivity contribution in [3.8, 4) is 17.6 Å². The average molecular weight is 610 g/mol. The average Bonchev–Trinajstić information content (AvgIpc) is 3.52. The second-order valence-corrected chi connectivity index (χ2v) is 9.60. The van der Waals surface area contributed by atoms with Gasteiger partial charge in [0.05, 0.1) is 6.42 Å². The van der Waals surface area contributed by atoms with Gasteiger partial charge in [-0.25, -0.2) is 17.6 Å². The number of nitrogens with one attached hydrogen (secondary N) is 1. The van der Waals surface area contributed by atoms with Gasteiger partial charge >= 0.3 is 5.92 Å². The minimum Gasteiger partial charge on any atom is -0.489 e. The van der Waals surface area contributed by atoms with Gasteiger partial charge in [0.1, 0.15) is 29.7 Å². The molecule has 3 aromatic carbocycles. The van der Waals surface area contributed by atoms with Gasteiger partial charge < -0.3 is 9.84 Å². The summed E-state index contributed by atoms with van der Waals surface area (Å²) in [5.74, 6) is -0.798. The van der Waals surface area contributed by atoms with E-state index in [1.165, 1.54) is 30.3 Å². The number of alkyl halides is 4. The largest absolute Gasteiger partial charge is 0.489 e. The van der Waals surface area contributed by atoms with Gasteiger partial charge in [-0.1, -0.05) is 35.3 Å². The Morgan fingerprint density at radius 2 is 1.59 bits per heavy atom. The minimum absolute atomic E-state index is 0.0961. The van der Waals surface area contributed by atoms with Gasteiger partial charge in [-0.15, -0.1) is 10.2 Å². The molecule has 1 atom stereocenters. The molecule has 2 aromatic heterocycles. The smallest absolute Gasteiger partial charge is 0.322 e. The zero-order valence-corrected chi connectivity index (χ0v) is 22.5. The summed E-state index contributed by atoms with van der Waals surface area (Å²) in [5, 5.41) is 23.8. The third kappa shape index (κ3) is 6.55. The van der Waals surface area contributed by atoms with Crippen LogP contribution in [0, 0.1) is 23.5 Å². The fourth-order valence-corrected chi connectivity index (χ4v) is 4.26. The third-order valence-corrected chi connectivity index (χ3v) is 6.63. The van der Waals surface area contributed by atoms with Crippen LogP contribution in [0.2, 0.25) is 0 Å². The van der Waals surface area contributed by atoms with Crippen LogP contribution in [-0.4, -0.2) is 30.7 Å². The molecule has 7 nitrogen and oxygen atoms in total. The lowest BCUT2D eigenvalue weighted by Crippen LogP contribution is -2.46. The van der Waals surface area contributed by atoms with E-state index in [0.717, 1.165) is 30.0 Å². The van der Waals surface area contributed by atoms with Crippen LogP contribution in [0.5, 0.6) is 5.75 Å². The van der Waals surface area contributed by atoms with E-state index in [2.05, 4.69) is 37.4 Å². The SMILES string of the molecule is OC(Cc1nn[nH]n1)(c1ccc(F)cc1F)C(F)(F)c1ccc(C#Cc2ccc(COc3ccc(C(F)F)cc3)cc2)cn1. The van der Waals surface area contributed by atoms with Crippen molar-refractivity contribution in [2.24, 2.45) is 0 Å². The molecule has 224 valence electrons. The summed E-state index contributed by atoms with van der Waals surface area (Å²) in [7, 11) is 0. The van der Waals surface area contributed by atoms with Crippen molar-refractivity contribution in [3.05, 3.63) is 136 Å². The highest BCUT2D eigenvalue weighted by molar-refractivity contribution is 5.43. The predicted octanol–water partition coefficient (Wildman–Crippen LogP) is 6.01. The summed E-state index contributed by atoms with van der Waals surface area (Å²) in [6.45, 7) is 0.197. The number of pyridine rings is 1. The van der Waals surface area contributed by atoms with Crippen molar-refractivity contribution in [1.82, 2.24) is 25.6 Å². The van der Waals surface area contributed by atoms with E-state index in [1.54, 1.807) is 24.3 Å². The Balaban J connectivity index is 1.30. The van der Waals surface area contributed by atoms with Crippen LogP contribution in [0.25, 0.3) is 0 Å². The zero-order valence-electron chi connectivity index (χ0n) is 22.5. The highest BCUT2D eigenvalue weighted by Gasteiger charge is 2.58. The van der Waals surface area contributed by atoms with E-state index in [1.807, 2.05) is 0 Å². The molecule has 0 radical (unpaired) electrons. The first-order valence-corrected chi connectivity index (χ1v) is 12.9. The molecule has 44 heavy (non-hydrogen) atoms. The van der Waals surface area contributed by atoms with E-state index in [-0.39, 0.29) is 23.6 Å². The predicted molar refractivity (Wildman–Crippen MR) is 144 cm³/mol. The summed E-state index contributed by atoms with van der Waals surface area (Å²) in [5.41, 5.74) is -3.45. The monoisotopic (exact) mass is 609 g/mol. The molecule has 0 bridgehead atoms. The number of H-pyrrole nitrogens is 1. The lowest BCUT2D eigenvalue weighted by Gasteiger charge is -2.35. The number of aromatic nitrogens is 5. The number of rotatable bonds is 9. The molecule has 1 unspecified atom stereocenters. The Hall–Kier alpha value is -5.22. The Kier molecular flexibility index (Phi) is 8.64. The van der Waals surface area contributed by atoms with Gasteiger partial charge in [-0.05, 0) is 60.2 Å². The molecule has 0 amide bonds. The van der Waals surface area contributed by atoms with E-state index < -0.39 is 47.3 Å². The first-order chi connectivity index (χ1) is 21.0. The van der Waals surface area contributed by atoms with Crippen LogP contribution in [0.1, 0.15) is 45.8 Å². The van der Waals surface area contributed by atoms with E-state index in [9.17, 15) is 22.7 Å². The summed E-state index contributed by atoms with van der Waals surface area (Å²) < 4.78 is 90.9. The maximum Gasteiger partial charge on any atom is 0.322 e. The number of aliphatic hydroxyl groups is 1. The molecule has 0 aliphatic heterocycles. The van der Waals surface area contributed by atoms with Crippen molar-refractivity contribution in [3.63, 3.8) is 0 Å².